The number of hydrogen-bond acceptors (Lipinski definition) is 12. The molecule has 0 aliphatic heterocycles. The van der Waals surface area contributed by atoms with Crippen molar-refractivity contribution in [3.63, 3.8) is 0 Å². The quantitative estimate of drug-likeness (QED) is 0.254. The summed E-state index contributed by atoms with van der Waals surface area (Å²) in [4.78, 5) is 46.9. The molecule has 0 bridgehead atoms. The summed E-state index contributed by atoms with van der Waals surface area (Å²) in [6.45, 7) is 0.972. The van der Waals surface area contributed by atoms with Crippen molar-refractivity contribution in [3.05, 3.63) is 10.1 Å². The van der Waals surface area contributed by atoms with E-state index < -0.39 is 42.3 Å². The summed E-state index contributed by atoms with van der Waals surface area (Å²) in [5.74, 6) is -7.07. The Morgan fingerprint density at radius 3 is 1.08 bits per heavy atom. The van der Waals surface area contributed by atoms with Crippen LogP contribution < -0.4 is 168 Å². The largest absolute Gasteiger partial charge is 1.00 e. The Morgan fingerprint density at radius 2 is 1.00 bits per heavy atom. The summed E-state index contributed by atoms with van der Waals surface area (Å²) in [5, 5.41) is 56.8. The summed E-state index contributed by atoms with van der Waals surface area (Å²) < 4.78 is 0. The van der Waals surface area contributed by atoms with E-state index in [1.165, 1.54) is 0 Å². The molecule has 0 saturated carbocycles. The Bertz CT molecular complexity index is 361. The van der Waals surface area contributed by atoms with E-state index in [9.17, 15) is 29.7 Å². The number of aliphatic hydroxyl groups is 1. The smallest absolute Gasteiger partial charge is 0.550 e. The number of carboxylic acid groups (broad SMARTS) is 4. The number of carbonyl (C=O) groups is 4. The van der Waals surface area contributed by atoms with Crippen LogP contribution in [0.5, 0.6) is 0 Å². The molecule has 0 aromatic heterocycles. The fourth-order valence-corrected chi connectivity index (χ4v) is 0.684. The zero-order chi connectivity index (χ0) is 16.9. The maximum Gasteiger partial charge on any atom is 1.00 e. The third-order valence-corrected chi connectivity index (χ3v) is 1.25. The first-order chi connectivity index (χ1) is 8.92. The minimum atomic E-state index is -2.97. The molecule has 116 valence electrons. The molecule has 0 amide bonds. The Hall–Kier alpha value is 2.24. The summed E-state index contributed by atoms with van der Waals surface area (Å²) in [6, 6.07) is 0. The van der Waals surface area contributed by atoms with Crippen LogP contribution in [0.3, 0.4) is 0 Å². The van der Waals surface area contributed by atoms with Gasteiger partial charge in [0.05, 0.1) is 5.97 Å². The van der Waals surface area contributed by atoms with Gasteiger partial charge in [0, 0.05) is 30.7 Å². The van der Waals surface area contributed by atoms with Crippen molar-refractivity contribution in [3.8, 4) is 0 Å². The third-order valence-electron chi connectivity index (χ3n) is 1.25. The van der Waals surface area contributed by atoms with Gasteiger partial charge < -0.3 is 54.8 Å². The van der Waals surface area contributed by atoms with E-state index in [2.05, 4.69) is 0 Å². The van der Waals surface area contributed by atoms with Gasteiger partial charge in [-0.2, -0.15) is 0 Å². The van der Waals surface area contributed by atoms with E-state index in [1.54, 1.807) is 0 Å². The Balaban J connectivity index is -0.0000000350. The van der Waals surface area contributed by atoms with Gasteiger partial charge in [-0.25, -0.2) is 0 Å². The maximum absolute atomic E-state index is 10.1. The van der Waals surface area contributed by atoms with Crippen LogP contribution >= 0.6 is 0 Å². The summed E-state index contributed by atoms with van der Waals surface area (Å²) in [6.07, 6.45) is -2.72. The van der Waals surface area contributed by atoms with Crippen molar-refractivity contribution in [1.82, 2.24) is 0 Å². The molecule has 0 aliphatic rings. The van der Waals surface area contributed by atoms with Crippen LogP contribution in [0, 0.1) is 10.1 Å². The standard InChI is InChI=1S/C6H8O7.C2H4O2.HNO2.5Na/c7-3(8)1-6(13,5(11)12)2-4(9)10;1-2(3)4;2-1-3;;;;;/h13H,1-2H2,(H,7,8)(H,9,10)(H,11,12);1H3,(H,3,4);(H,2,3);;;;;/q;;;5*+1/p-5. The molecule has 12 nitrogen and oxygen atoms in total. The Morgan fingerprint density at radius 1 is 0.840 bits per heavy atom. The van der Waals surface area contributed by atoms with E-state index in [0.717, 1.165) is 12.3 Å². The third kappa shape index (κ3) is 46.3. The van der Waals surface area contributed by atoms with E-state index in [-0.39, 0.29) is 148 Å². The van der Waals surface area contributed by atoms with Crippen molar-refractivity contribution in [1.29, 1.82) is 0 Å². The normalized spacial score (nSPS) is 7.12. The molecule has 0 aromatic rings. The SMILES string of the molecule is CC(=O)[O-].O=C([O-])CC(O)(CC(=O)[O-])C(=O)[O-].O=N[O-].[Na+].[Na+].[Na+].[Na+].[Na+]. The van der Waals surface area contributed by atoms with Gasteiger partial charge in [-0.3, -0.25) is 0 Å². The molecule has 0 radical (unpaired) electrons. The van der Waals surface area contributed by atoms with Crippen molar-refractivity contribution >= 4 is 23.9 Å². The molecule has 17 heteroatoms. The minimum Gasteiger partial charge on any atom is -0.550 e. The first-order valence-corrected chi connectivity index (χ1v) is 4.39. The second-order valence-corrected chi connectivity index (χ2v) is 2.98. The van der Waals surface area contributed by atoms with Crippen LogP contribution in [0.4, 0.5) is 0 Å². The predicted molar refractivity (Wildman–Crippen MR) is 49.0 cm³/mol. The van der Waals surface area contributed by atoms with Gasteiger partial charge in [-0.15, -0.1) is 5.34 Å². The van der Waals surface area contributed by atoms with Gasteiger partial charge in [0.1, 0.15) is 5.60 Å². The zero-order valence-electron chi connectivity index (χ0n) is 14.9. The average molecular weight is 409 g/mol. The number of carboxylic acids is 4. The van der Waals surface area contributed by atoms with Crippen LogP contribution in [-0.2, 0) is 19.2 Å². The van der Waals surface area contributed by atoms with Gasteiger partial charge in [-0.1, -0.05) is 0 Å². The number of aliphatic carboxylic acids is 4. The van der Waals surface area contributed by atoms with Crippen LogP contribution in [-0.4, -0.2) is 34.6 Å². The summed E-state index contributed by atoms with van der Waals surface area (Å²) in [5.41, 5.74) is -2.97. The second kappa shape index (κ2) is 31.0. The average Bonchev–Trinajstić information content (AvgIpc) is 2.14. The Labute approximate surface area is 252 Å². The van der Waals surface area contributed by atoms with Crippen LogP contribution in [0.2, 0.25) is 0 Å². The summed E-state index contributed by atoms with van der Waals surface area (Å²) >= 11 is 0. The molecule has 0 fully saturated rings. The van der Waals surface area contributed by atoms with Crippen molar-refractivity contribution < 1.29 is 192 Å². The first-order valence-electron chi connectivity index (χ1n) is 4.39. The molecule has 0 unspecified atom stereocenters. The molecule has 0 atom stereocenters. The van der Waals surface area contributed by atoms with Crippen LogP contribution in [0.1, 0.15) is 19.8 Å². The van der Waals surface area contributed by atoms with Crippen LogP contribution in [0.25, 0.3) is 0 Å². The summed E-state index contributed by atoms with van der Waals surface area (Å²) in [7, 11) is 0. The molecular formula is C8H8NNa5O11. The van der Waals surface area contributed by atoms with Crippen molar-refractivity contribution in [2.45, 2.75) is 25.4 Å². The van der Waals surface area contributed by atoms with Gasteiger partial charge in [0.25, 0.3) is 0 Å². The van der Waals surface area contributed by atoms with Gasteiger partial charge in [0.2, 0.25) is 0 Å². The van der Waals surface area contributed by atoms with E-state index in [4.69, 9.17) is 25.1 Å². The number of carbonyl (C=O) groups excluding carboxylic acids is 4. The zero-order valence-corrected chi connectivity index (χ0v) is 24.9. The molecule has 0 aliphatic carbocycles. The predicted octanol–water partition coefficient (Wildman–Crippen LogP) is -21.2. The second-order valence-electron chi connectivity index (χ2n) is 2.98. The first kappa shape index (κ1) is 50.7. The molecule has 0 saturated heterocycles. The Kier molecular flexibility index (Phi) is 62.7. The molecule has 1 N–H and O–H groups in total. The van der Waals surface area contributed by atoms with E-state index in [1.807, 2.05) is 0 Å². The molecule has 0 rings (SSSR count). The van der Waals surface area contributed by atoms with Crippen molar-refractivity contribution in [2.75, 3.05) is 0 Å². The maximum atomic E-state index is 10.1. The fraction of sp³-hybridized carbons (Fsp3) is 0.500. The number of nitrogens with zero attached hydrogens (tertiary/aromatic N) is 1. The van der Waals surface area contributed by atoms with E-state index in [0.29, 0.717) is 0 Å². The van der Waals surface area contributed by atoms with Crippen molar-refractivity contribution in [2.24, 2.45) is 5.34 Å². The minimum absolute atomic E-state index is 0. The number of rotatable bonds is 5. The molecule has 0 spiro atoms. The van der Waals surface area contributed by atoms with Gasteiger partial charge >= 0.3 is 148 Å². The topological polar surface area (TPSA) is 233 Å². The number of hydrogen-bond donors (Lipinski definition) is 1. The molecule has 0 aromatic carbocycles. The van der Waals surface area contributed by atoms with Gasteiger partial charge in [-0.05, 0) is 6.92 Å². The monoisotopic (exact) mass is 409 g/mol. The molecule has 25 heavy (non-hydrogen) atoms. The molecule has 0 heterocycles. The fourth-order valence-electron chi connectivity index (χ4n) is 0.684. The van der Waals surface area contributed by atoms with Gasteiger partial charge in [0.15, 0.2) is 0 Å². The molecular weight excluding hydrogens is 401 g/mol. The van der Waals surface area contributed by atoms with Crippen LogP contribution in [0.15, 0.2) is 5.34 Å². The van der Waals surface area contributed by atoms with E-state index >= 15 is 0 Å².